The van der Waals surface area contributed by atoms with Crippen LogP contribution >= 0.6 is 0 Å². The quantitative estimate of drug-likeness (QED) is 0.0732. The first-order chi connectivity index (χ1) is 52.0. The van der Waals surface area contributed by atoms with Gasteiger partial charge in [-0.2, -0.15) is 36.9 Å². The van der Waals surface area contributed by atoms with Gasteiger partial charge < -0.3 is 0 Å². The van der Waals surface area contributed by atoms with E-state index in [-0.39, 0.29) is 28.6 Å². The molecule has 0 aromatic heterocycles. The molecule has 0 radical (unpaired) electrons. The Morgan fingerprint density at radius 3 is 1.04 bits per heavy atom. The molecule has 0 heterocycles. The summed E-state index contributed by atoms with van der Waals surface area (Å²) < 4.78 is 146. The van der Waals surface area contributed by atoms with Crippen LogP contribution in [0, 0.1) is 147 Å². The van der Waals surface area contributed by atoms with Crippen LogP contribution in [0.1, 0.15) is 77.9 Å². The summed E-state index contributed by atoms with van der Waals surface area (Å²) in [6.45, 7) is 18.1. The molecule has 0 bridgehead atoms. The van der Waals surface area contributed by atoms with Crippen molar-refractivity contribution in [3.8, 4) is 12.1 Å². The number of nitro groups is 2. The van der Waals surface area contributed by atoms with Gasteiger partial charge >= 0.3 is 12.4 Å². The second-order valence-electron chi connectivity index (χ2n) is 24.8. The average Bonchev–Trinajstić information content (AvgIpc) is 0.790. The summed E-state index contributed by atoms with van der Waals surface area (Å²) in [4.78, 5) is 19.2. The summed E-state index contributed by atoms with van der Waals surface area (Å²) in [5.74, 6) is -2.88. The predicted molar refractivity (Wildman–Crippen MR) is 414 cm³/mol. The Bertz CT molecular complexity index is 5370. The summed E-state index contributed by atoms with van der Waals surface area (Å²) in [5.41, 5.74) is 7.97. The number of aryl methyl sites for hydroxylation is 10. The minimum atomic E-state index is -4.46. The first-order valence-corrected chi connectivity index (χ1v) is 33.6. The number of halogens is 12. The molecule has 14 aromatic carbocycles. The maximum atomic E-state index is 12.6. The Hall–Kier alpha value is -12.9. The fraction of sp³-hybridized carbons (Fsp3) is 0.133. The Morgan fingerprint density at radius 1 is 0.291 bits per heavy atom. The van der Waals surface area contributed by atoms with Crippen molar-refractivity contribution in [2.75, 3.05) is 0 Å². The summed E-state index contributed by atoms with van der Waals surface area (Å²) in [7, 11) is 0. The van der Waals surface area contributed by atoms with E-state index >= 15 is 0 Å². The molecule has 0 aliphatic rings. The summed E-state index contributed by atoms with van der Waals surface area (Å²) >= 11 is 0. The molecule has 564 valence electrons. The van der Waals surface area contributed by atoms with Crippen molar-refractivity contribution in [2.24, 2.45) is 0 Å². The van der Waals surface area contributed by atoms with E-state index in [1.807, 2.05) is 51.1 Å². The highest BCUT2D eigenvalue weighted by Crippen LogP contribution is 2.32. The highest BCUT2D eigenvalue weighted by atomic mass is 19.4. The van der Waals surface area contributed by atoms with Gasteiger partial charge in [0.25, 0.3) is 11.4 Å². The fourth-order valence-corrected chi connectivity index (χ4v) is 9.57. The molecule has 0 saturated heterocycles. The van der Waals surface area contributed by atoms with Gasteiger partial charge in [0.2, 0.25) is 0 Å². The van der Waals surface area contributed by atoms with Crippen LogP contribution in [-0.2, 0) is 12.4 Å². The lowest BCUT2D eigenvalue weighted by Crippen LogP contribution is -2.05. The molecule has 0 fully saturated rings. The fourth-order valence-electron chi connectivity index (χ4n) is 9.57. The Labute approximate surface area is 630 Å². The number of nitro benzene ring substituents is 2. The molecule has 0 aliphatic heterocycles. The molecule has 14 rings (SSSR count). The second kappa shape index (κ2) is 42.4. The van der Waals surface area contributed by atoms with E-state index in [0.29, 0.717) is 28.3 Å². The van der Waals surface area contributed by atoms with Crippen LogP contribution in [-0.4, -0.2) is 9.85 Å². The molecule has 8 nitrogen and oxygen atoms in total. The van der Waals surface area contributed by atoms with Crippen LogP contribution in [0.3, 0.4) is 0 Å². The number of rotatable bonds is 2. The maximum absolute atomic E-state index is 12.6. The SMILES string of the molecule is Cc1c2ccccc2cc2ccccc12.Cc1ccc(C#N)cc1.Cc1ccc(C#N)cc1F.Cc1ccc(C(F)(F)F)cc1.Cc1ccc(C(F)(F)F)cc1F.Cc1ccc(F)cc1.Cc1ccc(F)cc1F.Cc1ccc([N+](=O)[O-])cc1.Cc1ccc([N+](=O)[O-])cc1F.Cc1ccc2cc3ccccc3cc2c1. The molecule has 0 spiro atoms. The summed E-state index contributed by atoms with van der Waals surface area (Å²) in [6, 6.07) is 82.2. The lowest BCUT2D eigenvalue weighted by atomic mass is 9.98. The van der Waals surface area contributed by atoms with Crippen molar-refractivity contribution in [3.05, 3.63) is 412 Å². The van der Waals surface area contributed by atoms with Crippen LogP contribution in [0.25, 0.3) is 43.1 Å². The van der Waals surface area contributed by atoms with Crippen molar-refractivity contribution in [2.45, 2.75) is 81.6 Å². The number of nitriles is 2. The number of nitrogens with zero attached hydrogens (tertiary/aromatic N) is 4. The lowest BCUT2D eigenvalue weighted by Gasteiger charge is -2.06. The van der Waals surface area contributed by atoms with Crippen LogP contribution in [0.2, 0.25) is 0 Å². The molecule has 0 unspecified atom stereocenters. The zero-order valence-corrected chi connectivity index (χ0v) is 61.5. The normalized spacial score (nSPS) is 10.2. The first kappa shape index (κ1) is 87.7. The van der Waals surface area contributed by atoms with Gasteiger partial charge in [-0.25, -0.2) is 26.3 Å². The van der Waals surface area contributed by atoms with E-state index < -0.39 is 56.6 Å². The maximum Gasteiger partial charge on any atom is 0.416 e. The number of hydrogen-bond acceptors (Lipinski definition) is 6. The van der Waals surface area contributed by atoms with Crippen LogP contribution in [0.15, 0.2) is 279 Å². The number of fused-ring (bicyclic) bond motifs is 4. The van der Waals surface area contributed by atoms with E-state index in [0.717, 1.165) is 58.7 Å². The summed E-state index contributed by atoms with van der Waals surface area (Å²) in [5, 5.41) is 47.6. The molecule has 14 aromatic rings. The second-order valence-corrected chi connectivity index (χ2v) is 24.8. The molecule has 110 heavy (non-hydrogen) atoms. The van der Waals surface area contributed by atoms with Gasteiger partial charge in [-0.05, 0) is 231 Å². The van der Waals surface area contributed by atoms with E-state index in [1.165, 1.54) is 133 Å². The minimum Gasteiger partial charge on any atom is -0.258 e. The van der Waals surface area contributed by atoms with Gasteiger partial charge in [-0.15, -0.1) is 0 Å². The van der Waals surface area contributed by atoms with E-state index in [1.54, 1.807) is 64.1 Å². The van der Waals surface area contributed by atoms with Crippen molar-refractivity contribution in [1.82, 2.24) is 0 Å². The van der Waals surface area contributed by atoms with Crippen molar-refractivity contribution in [3.63, 3.8) is 0 Å². The van der Waals surface area contributed by atoms with Gasteiger partial charge in [0, 0.05) is 24.3 Å². The van der Waals surface area contributed by atoms with Crippen LogP contribution in [0.5, 0.6) is 0 Å². The third-order valence-electron chi connectivity index (χ3n) is 16.0. The zero-order valence-electron chi connectivity index (χ0n) is 61.5. The highest BCUT2D eigenvalue weighted by molar-refractivity contribution is 6.02. The number of benzene rings is 14. The average molecular weight is 1510 g/mol. The Balaban J connectivity index is 0.000000220. The standard InChI is InChI=1S/2C15H12.C8H6F4.C8H7F3.C8H6FN.C8H7N.C7H6F2.C7H6FNO2.C7H7F.C7H7NO2/c1-11-14-8-4-2-6-12(14)10-13-7-3-5-9-15(11)13;1-11-6-7-14-9-12-4-2-3-5-13(12)10-15(14)8-11;1-5-2-3-6(4-7(5)9)8(10,11)12;1-6-2-4-7(5-3-6)8(9,10)11;1-6-2-3-7(5-10)4-8(6)9;1-7-2-4-8(6-9)5-3-7;1-5-2-3-6(8)4-7(5)9;1-5-2-3-6(9(10)11)4-7(5)8;1-6-2-4-7(8)5-3-6;1-6-2-4-7(5-3-6)8(9)10/h2*2-10H,1H3;2-4H,1H3;2-5H,1H3;2-4H,1H3;2-5H,1H3;2-4H,1H3;2-4H,1H3;2-5H,1H3;2-5H,1H3. The van der Waals surface area contributed by atoms with Gasteiger partial charge in [-0.3, -0.25) is 20.2 Å². The van der Waals surface area contributed by atoms with Crippen LogP contribution in [0.4, 0.5) is 64.1 Å². The van der Waals surface area contributed by atoms with Crippen molar-refractivity contribution >= 4 is 54.5 Å². The number of non-ortho nitro benzene ring substituents is 2. The Kier molecular flexibility index (Phi) is 33.8. The molecule has 0 N–H and O–H groups in total. The third kappa shape index (κ3) is 29.4. The molecule has 0 amide bonds. The molecule has 0 saturated carbocycles. The van der Waals surface area contributed by atoms with Gasteiger partial charge in [-0.1, -0.05) is 186 Å². The molecular formula is C90H76F12N4O4. The highest BCUT2D eigenvalue weighted by Gasteiger charge is 2.31. The topological polar surface area (TPSA) is 134 Å². The van der Waals surface area contributed by atoms with Gasteiger partial charge in [0.05, 0.1) is 50.3 Å². The van der Waals surface area contributed by atoms with Gasteiger partial charge in [0.15, 0.2) is 0 Å². The molecule has 0 aliphatic carbocycles. The predicted octanol–water partition coefficient (Wildman–Crippen LogP) is 27.0. The van der Waals surface area contributed by atoms with Crippen LogP contribution < -0.4 is 0 Å². The van der Waals surface area contributed by atoms with Crippen molar-refractivity contribution in [1.29, 1.82) is 10.5 Å². The van der Waals surface area contributed by atoms with E-state index in [9.17, 15) is 72.9 Å². The van der Waals surface area contributed by atoms with E-state index in [4.69, 9.17) is 10.5 Å². The first-order valence-electron chi connectivity index (χ1n) is 33.6. The number of hydrogen-bond donors (Lipinski definition) is 0. The number of alkyl halides is 6. The molecule has 0 atom stereocenters. The Morgan fingerprint density at radius 2 is 0.618 bits per heavy atom. The largest absolute Gasteiger partial charge is 0.416 e. The minimum absolute atomic E-state index is 0.144. The summed E-state index contributed by atoms with van der Waals surface area (Å²) in [6.07, 6.45) is -8.68. The molecular weight excluding hydrogens is 1430 g/mol. The lowest BCUT2D eigenvalue weighted by molar-refractivity contribution is -0.385. The molecule has 20 heteroatoms. The third-order valence-corrected chi connectivity index (χ3v) is 16.0. The monoisotopic (exact) mass is 1500 g/mol. The zero-order chi connectivity index (χ0) is 81.4. The smallest absolute Gasteiger partial charge is 0.258 e. The van der Waals surface area contributed by atoms with Gasteiger partial charge in [0.1, 0.15) is 34.9 Å². The van der Waals surface area contributed by atoms with Crippen molar-refractivity contribution < 1.29 is 62.5 Å². The van der Waals surface area contributed by atoms with E-state index in [2.05, 4.69) is 129 Å².